The van der Waals surface area contributed by atoms with Gasteiger partial charge in [0.05, 0.1) is 12.1 Å². The second-order valence-corrected chi connectivity index (χ2v) is 6.27. The SMILES string of the molecule is C=CCN1C(=O)C(O)(CC(=O)c2ccc(F)cc2)c2cc(Cl)ccc21. The fraction of sp³-hybridized carbons (Fsp3) is 0.158. The van der Waals surface area contributed by atoms with Crippen molar-refractivity contribution in [3.8, 4) is 0 Å². The van der Waals surface area contributed by atoms with Crippen LogP contribution in [0.5, 0.6) is 0 Å². The van der Waals surface area contributed by atoms with Crippen molar-refractivity contribution in [1.29, 1.82) is 0 Å². The van der Waals surface area contributed by atoms with E-state index in [9.17, 15) is 19.1 Å². The van der Waals surface area contributed by atoms with Crippen LogP contribution in [0.15, 0.2) is 55.1 Å². The van der Waals surface area contributed by atoms with Crippen LogP contribution in [-0.4, -0.2) is 23.3 Å². The Hall–Kier alpha value is -2.50. The molecule has 6 heteroatoms. The van der Waals surface area contributed by atoms with Crippen LogP contribution in [0.1, 0.15) is 22.3 Å². The van der Waals surface area contributed by atoms with E-state index >= 15 is 0 Å². The summed E-state index contributed by atoms with van der Waals surface area (Å²) in [4.78, 5) is 26.7. The smallest absolute Gasteiger partial charge is 0.264 e. The number of halogens is 2. The molecule has 0 spiro atoms. The molecule has 0 fully saturated rings. The molecule has 1 heterocycles. The molecule has 1 unspecified atom stereocenters. The number of hydrogen-bond acceptors (Lipinski definition) is 3. The fourth-order valence-electron chi connectivity index (χ4n) is 2.97. The minimum atomic E-state index is -2.02. The van der Waals surface area contributed by atoms with Crippen LogP contribution in [0.2, 0.25) is 5.02 Å². The van der Waals surface area contributed by atoms with Gasteiger partial charge in [0.15, 0.2) is 11.4 Å². The standard InChI is InChI=1S/C19H15ClFNO3/c1-2-9-22-16-8-5-13(20)10-15(16)19(25,18(22)24)11-17(23)12-3-6-14(21)7-4-12/h2-8,10,25H,1,9,11H2. The zero-order chi connectivity index (χ0) is 18.2. The van der Waals surface area contributed by atoms with E-state index in [1.54, 1.807) is 12.1 Å². The number of rotatable bonds is 5. The summed E-state index contributed by atoms with van der Waals surface area (Å²) < 4.78 is 13.0. The zero-order valence-electron chi connectivity index (χ0n) is 13.2. The second kappa shape index (κ2) is 6.43. The van der Waals surface area contributed by atoms with Crippen LogP contribution in [0.25, 0.3) is 0 Å². The first-order valence-electron chi connectivity index (χ1n) is 7.61. The molecule has 25 heavy (non-hydrogen) atoms. The summed E-state index contributed by atoms with van der Waals surface area (Å²) in [6.07, 6.45) is 1.07. The van der Waals surface area contributed by atoms with Gasteiger partial charge >= 0.3 is 0 Å². The Morgan fingerprint density at radius 3 is 2.60 bits per heavy atom. The van der Waals surface area contributed by atoms with Gasteiger partial charge in [-0.05, 0) is 42.5 Å². The van der Waals surface area contributed by atoms with E-state index in [0.717, 1.165) is 12.1 Å². The minimum Gasteiger partial charge on any atom is -0.375 e. The Balaban J connectivity index is 2.00. The number of hydrogen-bond donors (Lipinski definition) is 1. The monoisotopic (exact) mass is 359 g/mol. The van der Waals surface area contributed by atoms with Crippen LogP contribution in [0, 0.1) is 5.82 Å². The number of aliphatic hydroxyl groups is 1. The largest absolute Gasteiger partial charge is 0.375 e. The molecule has 2 aromatic carbocycles. The first-order valence-corrected chi connectivity index (χ1v) is 7.98. The van der Waals surface area contributed by atoms with E-state index in [1.165, 1.54) is 29.2 Å². The van der Waals surface area contributed by atoms with Crippen LogP contribution in [0.4, 0.5) is 10.1 Å². The molecule has 0 saturated carbocycles. The van der Waals surface area contributed by atoms with Gasteiger partial charge in [0.2, 0.25) is 0 Å². The van der Waals surface area contributed by atoms with Gasteiger partial charge in [0.1, 0.15) is 5.82 Å². The van der Waals surface area contributed by atoms with Crippen molar-refractivity contribution >= 4 is 29.0 Å². The van der Waals surface area contributed by atoms with E-state index in [0.29, 0.717) is 10.7 Å². The lowest BCUT2D eigenvalue weighted by atomic mass is 9.88. The van der Waals surface area contributed by atoms with Crippen LogP contribution in [0.3, 0.4) is 0 Å². The molecule has 1 aliphatic heterocycles. The Bertz CT molecular complexity index is 865. The maximum absolute atomic E-state index is 13.0. The number of fused-ring (bicyclic) bond motifs is 1. The van der Waals surface area contributed by atoms with E-state index in [4.69, 9.17) is 11.6 Å². The summed E-state index contributed by atoms with van der Waals surface area (Å²) in [5, 5.41) is 11.4. The Morgan fingerprint density at radius 2 is 1.96 bits per heavy atom. The predicted molar refractivity (Wildman–Crippen MR) is 93.2 cm³/mol. The van der Waals surface area contributed by atoms with Gasteiger partial charge in [0, 0.05) is 22.7 Å². The highest BCUT2D eigenvalue weighted by molar-refractivity contribution is 6.31. The molecule has 128 valence electrons. The van der Waals surface area contributed by atoms with Gasteiger partial charge in [0.25, 0.3) is 5.91 Å². The van der Waals surface area contributed by atoms with Crippen molar-refractivity contribution in [3.63, 3.8) is 0 Å². The van der Waals surface area contributed by atoms with Crippen LogP contribution >= 0.6 is 11.6 Å². The number of Topliss-reactive ketones (excluding diaryl/α,β-unsaturated/α-hetero) is 1. The Labute approximate surface area is 149 Å². The Kier molecular flexibility index (Phi) is 4.45. The average molecular weight is 360 g/mol. The van der Waals surface area contributed by atoms with Gasteiger partial charge in [-0.15, -0.1) is 6.58 Å². The maximum atomic E-state index is 13.0. The van der Waals surface area contributed by atoms with Crippen molar-refractivity contribution < 1.29 is 19.1 Å². The lowest BCUT2D eigenvalue weighted by molar-refractivity contribution is -0.135. The topological polar surface area (TPSA) is 57.6 Å². The normalized spacial score (nSPS) is 19.0. The first-order chi connectivity index (χ1) is 11.9. The molecule has 0 aliphatic carbocycles. The molecule has 3 rings (SSSR count). The van der Waals surface area contributed by atoms with Crippen LogP contribution < -0.4 is 4.90 Å². The number of carbonyl (C=O) groups excluding carboxylic acids is 2. The van der Waals surface area contributed by atoms with Crippen molar-refractivity contribution in [2.75, 3.05) is 11.4 Å². The molecular weight excluding hydrogens is 345 g/mol. The molecule has 4 nitrogen and oxygen atoms in total. The summed E-state index contributed by atoms with van der Waals surface area (Å²) >= 11 is 6.01. The first kappa shape index (κ1) is 17.3. The predicted octanol–water partition coefficient (Wildman–Crippen LogP) is 3.47. The molecule has 1 N–H and O–H groups in total. The number of amides is 1. The Morgan fingerprint density at radius 1 is 1.28 bits per heavy atom. The second-order valence-electron chi connectivity index (χ2n) is 5.83. The third-order valence-electron chi connectivity index (χ3n) is 4.19. The molecule has 1 amide bonds. The van der Waals surface area contributed by atoms with Gasteiger partial charge in [-0.25, -0.2) is 4.39 Å². The van der Waals surface area contributed by atoms with Gasteiger partial charge in [-0.1, -0.05) is 17.7 Å². The number of anilines is 1. The summed E-state index contributed by atoms with van der Waals surface area (Å²) in [6.45, 7) is 3.80. The lowest BCUT2D eigenvalue weighted by Crippen LogP contribution is -2.41. The highest BCUT2D eigenvalue weighted by Gasteiger charge is 2.50. The molecule has 1 aliphatic rings. The molecule has 0 aromatic heterocycles. The van der Waals surface area contributed by atoms with Crippen molar-refractivity contribution in [2.45, 2.75) is 12.0 Å². The lowest BCUT2D eigenvalue weighted by Gasteiger charge is -2.22. The van der Waals surface area contributed by atoms with E-state index in [2.05, 4.69) is 6.58 Å². The third-order valence-corrected chi connectivity index (χ3v) is 4.42. The van der Waals surface area contributed by atoms with Crippen molar-refractivity contribution in [3.05, 3.63) is 77.1 Å². The summed E-state index contributed by atoms with van der Waals surface area (Å²) in [5.74, 6) is -1.55. The minimum absolute atomic E-state index is 0.195. The molecule has 1 atom stereocenters. The number of benzene rings is 2. The zero-order valence-corrected chi connectivity index (χ0v) is 14.0. The van der Waals surface area contributed by atoms with E-state index in [-0.39, 0.29) is 17.7 Å². The average Bonchev–Trinajstić information content (AvgIpc) is 2.77. The molecule has 0 radical (unpaired) electrons. The summed E-state index contributed by atoms with van der Waals surface area (Å²) in [5.41, 5.74) is -1.03. The van der Waals surface area contributed by atoms with Gasteiger partial charge in [-0.3, -0.25) is 9.59 Å². The quantitative estimate of drug-likeness (QED) is 0.657. The summed E-state index contributed by atoms with van der Waals surface area (Å²) in [7, 11) is 0. The molecular formula is C19H15ClFNO3. The maximum Gasteiger partial charge on any atom is 0.264 e. The molecule has 2 aromatic rings. The highest BCUT2D eigenvalue weighted by atomic mass is 35.5. The third kappa shape index (κ3) is 2.97. The number of nitrogens with zero attached hydrogens (tertiary/aromatic N) is 1. The molecule has 0 bridgehead atoms. The fourth-order valence-corrected chi connectivity index (χ4v) is 3.15. The van der Waals surface area contributed by atoms with E-state index in [1.807, 2.05) is 0 Å². The van der Waals surface area contributed by atoms with Crippen LogP contribution in [-0.2, 0) is 10.4 Å². The van der Waals surface area contributed by atoms with Crippen molar-refractivity contribution in [2.24, 2.45) is 0 Å². The van der Waals surface area contributed by atoms with Gasteiger partial charge < -0.3 is 10.0 Å². The van der Waals surface area contributed by atoms with E-state index < -0.39 is 29.5 Å². The molecule has 0 saturated heterocycles. The number of ketones is 1. The van der Waals surface area contributed by atoms with Gasteiger partial charge in [-0.2, -0.15) is 0 Å². The highest BCUT2D eigenvalue weighted by Crippen LogP contribution is 2.44. The number of carbonyl (C=O) groups is 2. The van der Waals surface area contributed by atoms with Crippen molar-refractivity contribution in [1.82, 2.24) is 0 Å². The summed E-state index contributed by atoms with van der Waals surface area (Å²) in [6, 6.07) is 9.67.